The van der Waals surface area contributed by atoms with E-state index in [-0.39, 0.29) is 18.9 Å². The smallest absolute Gasteiger partial charge is 0.311 e. The van der Waals surface area contributed by atoms with Crippen LogP contribution in [-0.2, 0) is 19.1 Å². The van der Waals surface area contributed by atoms with Gasteiger partial charge in [-0.2, -0.15) is 0 Å². The van der Waals surface area contributed by atoms with E-state index in [9.17, 15) is 14.4 Å². The molecule has 3 rings (SSSR count). The first-order valence-electron chi connectivity index (χ1n) is 8.52. The van der Waals surface area contributed by atoms with Crippen molar-refractivity contribution in [3.8, 4) is 0 Å². The molecular weight excluding hydrogens is 368 g/mol. The first kappa shape index (κ1) is 18.9. The molecular formula is C20H19ClN2O4. The predicted molar refractivity (Wildman–Crippen MR) is 103 cm³/mol. The normalized spacial score (nSPS) is 16.3. The molecule has 0 aromatic heterocycles. The molecule has 0 spiro atoms. The van der Waals surface area contributed by atoms with Crippen molar-refractivity contribution in [1.82, 2.24) is 0 Å². The summed E-state index contributed by atoms with van der Waals surface area (Å²) in [6.45, 7) is 1.73. The molecule has 0 aliphatic carbocycles. The van der Waals surface area contributed by atoms with Crippen LogP contribution in [0, 0.1) is 12.8 Å². The maximum absolute atomic E-state index is 12.2. The summed E-state index contributed by atoms with van der Waals surface area (Å²) in [4.78, 5) is 37.9. The Balaban J connectivity index is 1.53. The maximum atomic E-state index is 12.2. The minimum atomic E-state index is -0.624. The van der Waals surface area contributed by atoms with Gasteiger partial charge in [-0.05, 0) is 31.2 Å². The molecule has 7 heteroatoms. The molecule has 2 aromatic carbocycles. The SMILES string of the molecule is Cc1ccc(NC(=O)COC(=O)[C@@H]2CC(=O)N(c3ccccc3Cl)C2)cc1. The molecule has 2 amide bonds. The van der Waals surface area contributed by atoms with Crippen molar-refractivity contribution in [3.63, 3.8) is 0 Å². The number of esters is 1. The van der Waals surface area contributed by atoms with Gasteiger partial charge in [0.25, 0.3) is 5.91 Å². The second-order valence-electron chi connectivity index (χ2n) is 6.38. The first-order chi connectivity index (χ1) is 12.9. The molecule has 1 atom stereocenters. The van der Waals surface area contributed by atoms with Crippen LogP contribution in [0.4, 0.5) is 11.4 Å². The van der Waals surface area contributed by atoms with Crippen LogP contribution in [0.15, 0.2) is 48.5 Å². The van der Waals surface area contributed by atoms with Crippen LogP contribution in [0.2, 0.25) is 5.02 Å². The van der Waals surface area contributed by atoms with E-state index in [0.717, 1.165) is 5.56 Å². The molecule has 27 heavy (non-hydrogen) atoms. The number of carbonyl (C=O) groups is 3. The van der Waals surface area contributed by atoms with Crippen molar-refractivity contribution in [1.29, 1.82) is 0 Å². The van der Waals surface area contributed by atoms with Gasteiger partial charge in [0.05, 0.1) is 16.6 Å². The number of nitrogens with one attached hydrogen (secondary N) is 1. The summed E-state index contributed by atoms with van der Waals surface area (Å²) < 4.78 is 5.08. The molecule has 140 valence electrons. The van der Waals surface area contributed by atoms with Crippen molar-refractivity contribution in [2.75, 3.05) is 23.4 Å². The number of benzene rings is 2. The number of hydrogen-bond donors (Lipinski definition) is 1. The lowest BCUT2D eigenvalue weighted by Gasteiger charge is -2.17. The first-order valence-corrected chi connectivity index (χ1v) is 8.90. The summed E-state index contributed by atoms with van der Waals surface area (Å²) in [6.07, 6.45) is 0.0314. The molecule has 1 heterocycles. The second kappa shape index (κ2) is 8.22. The van der Waals surface area contributed by atoms with Crippen molar-refractivity contribution in [2.45, 2.75) is 13.3 Å². The molecule has 0 radical (unpaired) electrons. The van der Waals surface area contributed by atoms with E-state index in [2.05, 4.69) is 5.32 Å². The third-order valence-electron chi connectivity index (χ3n) is 4.28. The van der Waals surface area contributed by atoms with Crippen LogP contribution in [0.25, 0.3) is 0 Å². The molecule has 2 aromatic rings. The fourth-order valence-corrected chi connectivity index (χ4v) is 3.10. The van der Waals surface area contributed by atoms with Crippen LogP contribution in [0.3, 0.4) is 0 Å². The van der Waals surface area contributed by atoms with Crippen LogP contribution < -0.4 is 10.2 Å². The zero-order valence-electron chi connectivity index (χ0n) is 14.8. The Morgan fingerprint density at radius 3 is 2.59 bits per heavy atom. The Kier molecular flexibility index (Phi) is 5.76. The van der Waals surface area contributed by atoms with Gasteiger partial charge in [0, 0.05) is 18.7 Å². The lowest BCUT2D eigenvalue weighted by molar-refractivity contribution is -0.151. The molecule has 1 fully saturated rings. The largest absolute Gasteiger partial charge is 0.455 e. The topological polar surface area (TPSA) is 75.7 Å². The number of ether oxygens (including phenoxy) is 1. The van der Waals surface area contributed by atoms with Gasteiger partial charge in [-0.1, -0.05) is 41.4 Å². The van der Waals surface area contributed by atoms with Crippen LogP contribution in [-0.4, -0.2) is 30.9 Å². The van der Waals surface area contributed by atoms with E-state index in [1.165, 1.54) is 4.90 Å². The molecule has 1 N–H and O–H groups in total. The number of nitrogens with zero attached hydrogens (tertiary/aromatic N) is 1. The Morgan fingerprint density at radius 2 is 1.89 bits per heavy atom. The summed E-state index contributed by atoms with van der Waals surface area (Å²) >= 11 is 6.12. The number of rotatable bonds is 5. The molecule has 6 nitrogen and oxygen atoms in total. The summed E-state index contributed by atoms with van der Waals surface area (Å²) in [7, 11) is 0. The van der Waals surface area contributed by atoms with Gasteiger partial charge in [-0.15, -0.1) is 0 Å². The number of halogens is 1. The quantitative estimate of drug-likeness (QED) is 0.801. The molecule has 0 bridgehead atoms. The summed E-state index contributed by atoms with van der Waals surface area (Å²) in [6, 6.07) is 14.2. The number of para-hydroxylation sites is 1. The highest BCUT2D eigenvalue weighted by Gasteiger charge is 2.37. The van der Waals surface area contributed by atoms with Gasteiger partial charge >= 0.3 is 5.97 Å². The lowest BCUT2D eigenvalue weighted by atomic mass is 10.1. The highest BCUT2D eigenvalue weighted by atomic mass is 35.5. The van der Waals surface area contributed by atoms with Crippen LogP contribution in [0.5, 0.6) is 0 Å². The number of carbonyl (C=O) groups excluding carboxylic acids is 3. The lowest BCUT2D eigenvalue weighted by Crippen LogP contribution is -2.28. The van der Waals surface area contributed by atoms with E-state index in [4.69, 9.17) is 16.3 Å². The van der Waals surface area contributed by atoms with Crippen molar-refractivity contribution >= 4 is 40.8 Å². The fourth-order valence-electron chi connectivity index (χ4n) is 2.86. The molecule has 1 saturated heterocycles. The van der Waals surface area contributed by atoms with E-state index < -0.39 is 24.4 Å². The summed E-state index contributed by atoms with van der Waals surface area (Å²) in [5.41, 5.74) is 2.27. The third-order valence-corrected chi connectivity index (χ3v) is 4.60. The highest BCUT2D eigenvalue weighted by molar-refractivity contribution is 6.33. The second-order valence-corrected chi connectivity index (χ2v) is 6.79. The monoisotopic (exact) mass is 386 g/mol. The zero-order chi connectivity index (χ0) is 19.4. The fraction of sp³-hybridized carbons (Fsp3) is 0.250. The maximum Gasteiger partial charge on any atom is 0.311 e. The summed E-state index contributed by atoms with van der Waals surface area (Å²) in [5, 5.41) is 3.10. The van der Waals surface area contributed by atoms with Crippen LogP contribution >= 0.6 is 11.6 Å². The molecule has 0 saturated carbocycles. The third kappa shape index (κ3) is 4.65. The zero-order valence-corrected chi connectivity index (χ0v) is 15.5. The number of amides is 2. The molecule has 1 aliphatic rings. The molecule has 1 aliphatic heterocycles. The van der Waals surface area contributed by atoms with Gasteiger partial charge in [-0.3, -0.25) is 14.4 Å². The van der Waals surface area contributed by atoms with Crippen molar-refractivity contribution in [3.05, 3.63) is 59.1 Å². The van der Waals surface area contributed by atoms with E-state index in [0.29, 0.717) is 16.4 Å². The van der Waals surface area contributed by atoms with Gasteiger partial charge in [0.1, 0.15) is 0 Å². The minimum absolute atomic E-state index is 0.0314. The van der Waals surface area contributed by atoms with Crippen molar-refractivity contribution in [2.24, 2.45) is 5.92 Å². The summed E-state index contributed by atoms with van der Waals surface area (Å²) in [5.74, 6) is -1.83. The number of hydrogen-bond acceptors (Lipinski definition) is 4. The Morgan fingerprint density at radius 1 is 1.19 bits per heavy atom. The highest BCUT2D eigenvalue weighted by Crippen LogP contribution is 2.31. The van der Waals surface area contributed by atoms with E-state index >= 15 is 0 Å². The number of aryl methyl sites for hydroxylation is 1. The average molecular weight is 387 g/mol. The van der Waals surface area contributed by atoms with Gasteiger partial charge in [0.15, 0.2) is 6.61 Å². The standard InChI is InChI=1S/C20H19ClN2O4/c1-13-6-8-15(9-7-13)22-18(24)12-27-20(26)14-10-19(25)23(11-14)17-5-3-2-4-16(17)21/h2-9,14H,10-12H2,1H3,(H,22,24)/t14-/m1/s1. The van der Waals surface area contributed by atoms with Gasteiger partial charge in [0.2, 0.25) is 5.91 Å². The predicted octanol–water partition coefficient (Wildman–Crippen LogP) is 3.18. The average Bonchev–Trinajstić information content (AvgIpc) is 3.04. The van der Waals surface area contributed by atoms with Crippen LogP contribution in [0.1, 0.15) is 12.0 Å². The minimum Gasteiger partial charge on any atom is -0.455 e. The number of anilines is 2. The molecule has 0 unspecified atom stereocenters. The van der Waals surface area contributed by atoms with Gasteiger partial charge < -0.3 is 15.0 Å². The Labute approximate surface area is 162 Å². The Hall–Kier alpha value is -2.86. The van der Waals surface area contributed by atoms with Gasteiger partial charge in [-0.25, -0.2) is 0 Å². The van der Waals surface area contributed by atoms with E-state index in [1.807, 2.05) is 19.1 Å². The van der Waals surface area contributed by atoms with Crippen molar-refractivity contribution < 1.29 is 19.1 Å². The Bertz CT molecular complexity index is 867. The van der Waals surface area contributed by atoms with E-state index in [1.54, 1.807) is 36.4 Å².